The number of benzene rings is 1. The maximum Gasteiger partial charge on any atom is 0.514 e. The molecule has 0 aliphatic rings. The number of nitrogens with one attached hydrogen (secondary N) is 1. The number of methoxy groups -OCH3 is 1. The number of hydrogen-bond acceptors (Lipinski definition) is 6. The Morgan fingerprint density at radius 2 is 1.87 bits per heavy atom. The van der Waals surface area contributed by atoms with E-state index in [9.17, 15) is 14.4 Å². The Morgan fingerprint density at radius 3 is 2.50 bits per heavy atom. The first-order valence-corrected chi connectivity index (χ1v) is 10.0. The summed E-state index contributed by atoms with van der Waals surface area (Å²) in [5.74, 6) is 0.167. The van der Waals surface area contributed by atoms with Crippen molar-refractivity contribution in [3.8, 4) is 11.5 Å². The van der Waals surface area contributed by atoms with Gasteiger partial charge in [0.1, 0.15) is 0 Å². The van der Waals surface area contributed by atoms with Crippen molar-refractivity contribution in [3.05, 3.63) is 35.9 Å². The molecule has 1 aromatic carbocycles. The Morgan fingerprint density at radius 1 is 1.13 bits per heavy atom. The van der Waals surface area contributed by atoms with E-state index >= 15 is 0 Å². The molecule has 0 spiro atoms. The summed E-state index contributed by atoms with van der Waals surface area (Å²) in [6, 6.07) is 4.87. The lowest BCUT2D eigenvalue weighted by Gasteiger charge is -2.13. The molecule has 0 heterocycles. The second kappa shape index (κ2) is 13.2. The minimum absolute atomic E-state index is 0.0221. The molecule has 30 heavy (non-hydrogen) atoms. The molecule has 0 aromatic heterocycles. The minimum Gasteiger partial charge on any atom is -0.493 e. The van der Waals surface area contributed by atoms with Crippen LogP contribution in [0.15, 0.2) is 30.4 Å². The second-order valence-electron chi connectivity index (χ2n) is 7.19. The Balaban J connectivity index is 2.47. The van der Waals surface area contributed by atoms with Crippen LogP contribution in [0, 0.1) is 5.92 Å². The predicted octanol–water partition coefficient (Wildman–Crippen LogP) is 3.47. The number of carbonyl (C=O) groups excluding carboxylic acids is 3. The van der Waals surface area contributed by atoms with E-state index in [1.54, 1.807) is 12.1 Å². The lowest BCUT2D eigenvalue weighted by Crippen LogP contribution is -2.31. The van der Waals surface area contributed by atoms with Gasteiger partial charge in [-0.2, -0.15) is 0 Å². The standard InChI is InChI=1S/C22H32N2O6/c1-15(2)9-7-5-6-8-10-20(25)24-14-17-11-12-18(19(13-17)28-4)30-22(27)29-16(3)21(23)26/h7,9,11-13,15-16H,5-6,8,10,14H2,1-4H3,(H2,23,26)(H,24,25)/b9-7+. The average Bonchev–Trinajstić information content (AvgIpc) is 2.69. The Kier molecular flexibility index (Phi) is 11.0. The van der Waals surface area contributed by atoms with Crippen LogP contribution in [0.5, 0.6) is 11.5 Å². The lowest BCUT2D eigenvalue weighted by molar-refractivity contribution is -0.126. The SMILES string of the molecule is COc1cc(CNC(=O)CCCC/C=C/C(C)C)ccc1OC(=O)OC(C)C(N)=O. The molecule has 1 rings (SSSR count). The Bertz CT molecular complexity index is 745. The zero-order valence-corrected chi connectivity index (χ0v) is 18.1. The highest BCUT2D eigenvalue weighted by Gasteiger charge is 2.18. The van der Waals surface area contributed by atoms with Gasteiger partial charge in [0.15, 0.2) is 17.6 Å². The zero-order chi connectivity index (χ0) is 22.5. The first-order valence-electron chi connectivity index (χ1n) is 10.0. The molecule has 8 nitrogen and oxygen atoms in total. The van der Waals surface area contributed by atoms with Gasteiger partial charge in [0, 0.05) is 13.0 Å². The number of rotatable bonds is 12. The quantitative estimate of drug-likeness (QED) is 0.231. The van der Waals surface area contributed by atoms with Crippen molar-refractivity contribution in [1.29, 1.82) is 0 Å². The molecule has 3 N–H and O–H groups in total. The second-order valence-corrected chi connectivity index (χ2v) is 7.19. The summed E-state index contributed by atoms with van der Waals surface area (Å²) < 4.78 is 15.0. The van der Waals surface area contributed by atoms with Gasteiger partial charge in [0.05, 0.1) is 7.11 Å². The zero-order valence-electron chi connectivity index (χ0n) is 18.1. The summed E-state index contributed by atoms with van der Waals surface area (Å²) in [6.07, 6.45) is 5.40. The third-order valence-corrected chi connectivity index (χ3v) is 4.13. The maximum absolute atomic E-state index is 12.0. The van der Waals surface area contributed by atoms with Gasteiger partial charge in [0.25, 0.3) is 5.91 Å². The van der Waals surface area contributed by atoms with Crippen molar-refractivity contribution >= 4 is 18.0 Å². The number of hydrogen-bond donors (Lipinski definition) is 2. The Labute approximate surface area is 177 Å². The summed E-state index contributed by atoms with van der Waals surface area (Å²) in [5.41, 5.74) is 5.82. The number of amides is 2. The van der Waals surface area contributed by atoms with Gasteiger partial charge < -0.3 is 25.3 Å². The van der Waals surface area contributed by atoms with Crippen LogP contribution in [0.25, 0.3) is 0 Å². The van der Waals surface area contributed by atoms with Crippen LogP contribution in [0.3, 0.4) is 0 Å². The molecule has 0 fully saturated rings. The van der Waals surface area contributed by atoms with Gasteiger partial charge >= 0.3 is 6.16 Å². The summed E-state index contributed by atoms with van der Waals surface area (Å²) >= 11 is 0. The molecular weight excluding hydrogens is 388 g/mol. The molecule has 0 radical (unpaired) electrons. The highest BCUT2D eigenvalue weighted by atomic mass is 16.7. The van der Waals surface area contributed by atoms with Gasteiger partial charge in [-0.05, 0) is 49.8 Å². The molecule has 0 bridgehead atoms. The van der Waals surface area contributed by atoms with E-state index < -0.39 is 18.2 Å². The largest absolute Gasteiger partial charge is 0.514 e. The van der Waals surface area contributed by atoms with E-state index in [1.165, 1.54) is 20.1 Å². The van der Waals surface area contributed by atoms with Crippen LogP contribution in [0.2, 0.25) is 0 Å². The molecule has 1 aromatic rings. The molecular formula is C22H32N2O6. The molecule has 166 valence electrons. The number of unbranched alkanes of at least 4 members (excludes halogenated alkanes) is 2. The first-order chi connectivity index (χ1) is 14.2. The number of primary amides is 1. The van der Waals surface area contributed by atoms with Crippen molar-refractivity contribution in [2.45, 2.75) is 59.1 Å². The summed E-state index contributed by atoms with van der Waals surface area (Å²) in [7, 11) is 1.43. The van der Waals surface area contributed by atoms with E-state index in [0.29, 0.717) is 24.6 Å². The molecule has 0 aliphatic heterocycles. The fraction of sp³-hybridized carbons (Fsp3) is 0.500. The first kappa shape index (κ1) is 25.0. The van der Waals surface area contributed by atoms with Gasteiger partial charge in [0.2, 0.25) is 5.91 Å². The van der Waals surface area contributed by atoms with E-state index in [4.69, 9.17) is 19.9 Å². The van der Waals surface area contributed by atoms with E-state index in [-0.39, 0.29) is 11.7 Å². The third-order valence-electron chi connectivity index (χ3n) is 4.13. The maximum atomic E-state index is 12.0. The van der Waals surface area contributed by atoms with Gasteiger partial charge in [-0.25, -0.2) is 4.79 Å². The van der Waals surface area contributed by atoms with Crippen LogP contribution in [0.1, 0.15) is 52.0 Å². The minimum atomic E-state index is -1.11. The van der Waals surface area contributed by atoms with Crippen LogP contribution in [-0.2, 0) is 20.9 Å². The van der Waals surface area contributed by atoms with Crippen molar-refractivity contribution in [2.75, 3.05) is 7.11 Å². The summed E-state index contributed by atoms with van der Waals surface area (Å²) in [4.78, 5) is 34.7. The van der Waals surface area contributed by atoms with Crippen molar-refractivity contribution in [1.82, 2.24) is 5.32 Å². The van der Waals surface area contributed by atoms with Gasteiger partial charge in [-0.3, -0.25) is 9.59 Å². The Hall–Kier alpha value is -3.03. The van der Waals surface area contributed by atoms with Crippen LogP contribution < -0.4 is 20.5 Å². The third kappa shape index (κ3) is 9.95. The fourth-order valence-corrected chi connectivity index (χ4v) is 2.43. The van der Waals surface area contributed by atoms with Gasteiger partial charge in [-0.1, -0.05) is 32.1 Å². The normalized spacial score (nSPS) is 11.9. The number of nitrogens with two attached hydrogens (primary N) is 1. The smallest absolute Gasteiger partial charge is 0.493 e. The molecule has 0 saturated carbocycles. The van der Waals surface area contributed by atoms with E-state index in [0.717, 1.165) is 24.8 Å². The molecule has 0 saturated heterocycles. The monoisotopic (exact) mass is 420 g/mol. The molecule has 1 unspecified atom stereocenters. The van der Waals surface area contributed by atoms with Crippen molar-refractivity contribution in [2.24, 2.45) is 11.7 Å². The van der Waals surface area contributed by atoms with E-state index in [2.05, 4.69) is 31.3 Å². The highest BCUT2D eigenvalue weighted by molar-refractivity contribution is 5.81. The number of ether oxygens (including phenoxy) is 3. The molecule has 0 aliphatic carbocycles. The van der Waals surface area contributed by atoms with E-state index in [1.807, 2.05) is 0 Å². The van der Waals surface area contributed by atoms with Gasteiger partial charge in [-0.15, -0.1) is 0 Å². The lowest BCUT2D eigenvalue weighted by atomic mass is 10.1. The summed E-state index contributed by atoms with van der Waals surface area (Å²) in [5, 5.41) is 2.86. The van der Waals surface area contributed by atoms with Crippen molar-refractivity contribution in [3.63, 3.8) is 0 Å². The molecule has 1 atom stereocenters. The average molecular weight is 421 g/mol. The predicted molar refractivity (Wildman–Crippen MR) is 113 cm³/mol. The number of allylic oxidation sites excluding steroid dienone is 2. The fourth-order valence-electron chi connectivity index (χ4n) is 2.43. The van der Waals surface area contributed by atoms with Crippen LogP contribution >= 0.6 is 0 Å². The van der Waals surface area contributed by atoms with Crippen LogP contribution in [0.4, 0.5) is 4.79 Å². The van der Waals surface area contributed by atoms with Crippen molar-refractivity contribution < 1.29 is 28.6 Å². The van der Waals surface area contributed by atoms with Crippen LogP contribution in [-0.4, -0.2) is 31.2 Å². The summed E-state index contributed by atoms with van der Waals surface area (Å²) in [6.45, 7) is 5.93. The molecule has 2 amide bonds. The number of carbonyl (C=O) groups is 3. The topological polar surface area (TPSA) is 117 Å². The molecule has 8 heteroatoms. The highest BCUT2D eigenvalue weighted by Crippen LogP contribution is 2.28.